The van der Waals surface area contributed by atoms with Gasteiger partial charge in [0.15, 0.2) is 9.84 Å². The molecule has 0 saturated heterocycles. The summed E-state index contributed by atoms with van der Waals surface area (Å²) in [6.45, 7) is -1.75. The molecule has 0 radical (unpaired) electrons. The number of halogens is 9. The van der Waals surface area contributed by atoms with Gasteiger partial charge in [-0.1, -0.05) is 49.6 Å². The second-order valence-corrected chi connectivity index (χ2v) is 14.7. The van der Waals surface area contributed by atoms with Crippen molar-refractivity contribution in [3.05, 3.63) is 101 Å². The molecular formula is C34H32F9NO4S. The number of carbonyl (C=O) groups excluding carboxylic acids is 1. The minimum Gasteiger partial charge on any atom is -0.353 e. The van der Waals surface area contributed by atoms with Gasteiger partial charge in [0.05, 0.1) is 11.5 Å². The van der Waals surface area contributed by atoms with Crippen LogP contribution in [0, 0.1) is 23.4 Å². The number of carbonyl (C=O) groups is 1. The van der Waals surface area contributed by atoms with E-state index in [4.69, 9.17) is 0 Å². The van der Waals surface area contributed by atoms with E-state index in [1.807, 2.05) is 0 Å². The van der Waals surface area contributed by atoms with Gasteiger partial charge in [-0.2, -0.15) is 26.3 Å². The van der Waals surface area contributed by atoms with E-state index in [9.17, 15) is 52.7 Å². The number of alkyl halides is 6. The first-order chi connectivity index (χ1) is 22.9. The fourth-order valence-electron chi connectivity index (χ4n) is 6.91. The number of sulfone groups is 1. The van der Waals surface area contributed by atoms with E-state index < -0.39 is 73.8 Å². The van der Waals surface area contributed by atoms with Gasteiger partial charge < -0.3 is 10.1 Å². The lowest BCUT2D eigenvalue weighted by Crippen LogP contribution is -2.56. The average molecular weight is 722 g/mol. The zero-order valence-corrected chi connectivity index (χ0v) is 26.6. The number of nitrogens with one attached hydrogen (secondary N) is 1. The number of amides is 1. The maximum absolute atomic E-state index is 14.5. The quantitative estimate of drug-likeness (QED) is 0.178. The molecule has 0 heterocycles. The monoisotopic (exact) mass is 721 g/mol. The first kappa shape index (κ1) is 36.7. The fraction of sp³-hybridized carbons (Fsp3) is 0.441. The summed E-state index contributed by atoms with van der Waals surface area (Å²) in [5.74, 6) is -4.13. The highest BCUT2D eigenvalue weighted by atomic mass is 32.2. The zero-order chi connectivity index (χ0) is 35.8. The Morgan fingerprint density at radius 2 is 1.37 bits per heavy atom. The Bertz CT molecular complexity index is 1720. The number of hydrogen-bond donors (Lipinski definition) is 1. The summed E-state index contributed by atoms with van der Waals surface area (Å²) in [7, 11) is -4.50. The van der Waals surface area contributed by atoms with Crippen LogP contribution in [0.25, 0.3) is 0 Å². The molecule has 0 aliphatic heterocycles. The largest absolute Gasteiger partial charge is 0.430 e. The van der Waals surface area contributed by atoms with Crippen molar-refractivity contribution in [2.24, 2.45) is 5.92 Å². The lowest BCUT2D eigenvalue weighted by Gasteiger charge is -2.38. The van der Waals surface area contributed by atoms with Crippen LogP contribution in [-0.2, 0) is 36.3 Å². The topological polar surface area (TPSA) is 72.5 Å². The third-order valence-electron chi connectivity index (χ3n) is 9.54. The van der Waals surface area contributed by atoms with Gasteiger partial charge in [-0.25, -0.2) is 21.6 Å². The Hall–Kier alpha value is -3.59. The highest BCUT2D eigenvalue weighted by molar-refractivity contribution is 7.92. The van der Waals surface area contributed by atoms with Crippen molar-refractivity contribution in [3.8, 4) is 0 Å². The van der Waals surface area contributed by atoms with Gasteiger partial charge in [0.2, 0.25) is 5.91 Å². The van der Waals surface area contributed by atoms with Gasteiger partial charge in [0.1, 0.15) is 22.2 Å². The highest BCUT2D eigenvalue weighted by Gasteiger charge is 2.73. The van der Waals surface area contributed by atoms with Crippen molar-refractivity contribution in [2.75, 3.05) is 0 Å². The van der Waals surface area contributed by atoms with Crippen molar-refractivity contribution in [2.45, 2.75) is 91.6 Å². The van der Waals surface area contributed by atoms with Gasteiger partial charge in [0, 0.05) is 23.1 Å². The van der Waals surface area contributed by atoms with Crippen molar-refractivity contribution >= 4 is 15.7 Å². The van der Waals surface area contributed by atoms with Crippen molar-refractivity contribution in [1.29, 1.82) is 0 Å². The van der Waals surface area contributed by atoms with Crippen molar-refractivity contribution in [3.63, 3.8) is 0 Å². The lowest BCUT2D eigenvalue weighted by atomic mass is 9.88. The predicted octanol–water partition coefficient (Wildman–Crippen LogP) is 8.56. The summed E-state index contributed by atoms with van der Waals surface area (Å²) in [6, 6.07) is 7.72. The van der Waals surface area contributed by atoms with E-state index in [0.717, 1.165) is 61.7 Å². The van der Waals surface area contributed by atoms with Crippen LogP contribution in [0.2, 0.25) is 0 Å². The number of rotatable bonds is 9. The van der Waals surface area contributed by atoms with Crippen LogP contribution in [-0.4, -0.2) is 32.7 Å². The van der Waals surface area contributed by atoms with Gasteiger partial charge in [-0.05, 0) is 74.1 Å². The molecule has 0 spiro atoms. The summed E-state index contributed by atoms with van der Waals surface area (Å²) < 4.78 is 160. The van der Waals surface area contributed by atoms with Crippen LogP contribution in [0.3, 0.4) is 0 Å². The van der Waals surface area contributed by atoms with E-state index in [1.165, 1.54) is 0 Å². The maximum Gasteiger partial charge on any atom is 0.430 e. The molecule has 2 aliphatic carbocycles. The van der Waals surface area contributed by atoms with Gasteiger partial charge in [-0.3, -0.25) is 4.79 Å². The molecule has 2 saturated carbocycles. The van der Waals surface area contributed by atoms with E-state index in [1.54, 1.807) is 0 Å². The molecule has 1 amide bonds. The van der Waals surface area contributed by atoms with Crippen LogP contribution < -0.4 is 5.32 Å². The van der Waals surface area contributed by atoms with E-state index in [2.05, 4.69) is 10.1 Å². The molecule has 49 heavy (non-hydrogen) atoms. The van der Waals surface area contributed by atoms with Crippen LogP contribution in [0.15, 0.2) is 71.6 Å². The van der Waals surface area contributed by atoms with Crippen LogP contribution in [0.4, 0.5) is 39.5 Å². The molecule has 3 aromatic carbocycles. The van der Waals surface area contributed by atoms with Crippen molar-refractivity contribution in [1.82, 2.24) is 5.32 Å². The zero-order valence-electron chi connectivity index (χ0n) is 25.8. The first-order valence-electron chi connectivity index (χ1n) is 15.5. The van der Waals surface area contributed by atoms with Gasteiger partial charge >= 0.3 is 12.4 Å². The Balaban J connectivity index is 1.56. The molecule has 266 valence electrons. The summed E-state index contributed by atoms with van der Waals surface area (Å²) >= 11 is 0. The molecule has 0 bridgehead atoms. The third-order valence-corrected chi connectivity index (χ3v) is 12.1. The standard InChI is InChI=1S/C34H32F9NO4S/c35-24-13-15-26(16-14-24)49(46,47)31(18-17-25(19-31)44-30(45)21-5-2-1-3-6-21)22-9-11-23(12-10-22)32(33(38,39)40,34(41,42)43)48-20-27-28(36)7-4-8-29(27)37/h4,7-16,21,25H,1-3,5-6,17-20H2,(H,44,45). The van der Waals surface area contributed by atoms with Gasteiger partial charge in [-0.15, -0.1) is 0 Å². The summed E-state index contributed by atoms with van der Waals surface area (Å²) in [5.41, 5.74) is -7.91. The molecular weight excluding hydrogens is 689 g/mol. The lowest BCUT2D eigenvalue weighted by molar-refractivity contribution is -0.392. The molecule has 15 heteroatoms. The van der Waals surface area contributed by atoms with Crippen LogP contribution in [0.1, 0.15) is 68.1 Å². The average Bonchev–Trinajstić information content (AvgIpc) is 3.47. The number of ether oxygens (including phenoxy) is 1. The van der Waals surface area contributed by atoms with E-state index in [0.29, 0.717) is 37.1 Å². The molecule has 0 aromatic heterocycles. The Morgan fingerprint density at radius 3 is 1.92 bits per heavy atom. The van der Waals surface area contributed by atoms with E-state index >= 15 is 0 Å². The second kappa shape index (κ2) is 13.6. The Morgan fingerprint density at radius 1 is 0.796 bits per heavy atom. The van der Waals surface area contributed by atoms with Crippen LogP contribution in [0.5, 0.6) is 0 Å². The van der Waals surface area contributed by atoms with E-state index in [-0.39, 0.29) is 41.5 Å². The second-order valence-electron chi connectivity index (χ2n) is 12.5. The fourth-order valence-corrected chi connectivity index (χ4v) is 9.11. The smallest absolute Gasteiger partial charge is 0.353 e. The Labute approximate surface area is 276 Å². The minimum absolute atomic E-state index is 0.118. The van der Waals surface area contributed by atoms with Crippen molar-refractivity contribution < 1.29 is 57.5 Å². The third kappa shape index (κ3) is 6.80. The van der Waals surface area contributed by atoms with Gasteiger partial charge in [0.25, 0.3) is 5.60 Å². The molecule has 2 atom stereocenters. The maximum atomic E-state index is 14.5. The molecule has 2 fully saturated rings. The van der Waals surface area contributed by atoms with Crippen LogP contribution >= 0.6 is 0 Å². The molecule has 5 nitrogen and oxygen atoms in total. The molecule has 2 unspecified atom stereocenters. The normalized spacial score (nSPS) is 21.1. The predicted molar refractivity (Wildman–Crippen MR) is 159 cm³/mol. The minimum atomic E-state index is -6.20. The summed E-state index contributed by atoms with van der Waals surface area (Å²) in [6.07, 6.45) is -8.71. The number of hydrogen-bond acceptors (Lipinski definition) is 4. The molecule has 3 aromatic rings. The summed E-state index contributed by atoms with van der Waals surface area (Å²) in [5, 5.41) is 2.88. The summed E-state index contributed by atoms with van der Waals surface area (Å²) in [4.78, 5) is 12.7. The molecule has 2 aliphatic rings. The SMILES string of the molecule is O=C(NC1CCC(c2ccc(C(OCc3c(F)cccc3F)(C(F)(F)F)C(F)(F)F)cc2)(S(=O)(=O)c2ccc(F)cc2)C1)C1CCCCC1. The number of benzene rings is 3. The highest BCUT2D eigenvalue weighted by Crippen LogP contribution is 2.55. The first-order valence-corrected chi connectivity index (χ1v) is 17.0. The molecule has 1 N–H and O–H groups in total. The Kier molecular flexibility index (Phi) is 10.2. The molecule has 5 rings (SSSR count).